The number of amides is 1. The van der Waals surface area contributed by atoms with Crippen LogP contribution in [-0.4, -0.2) is 65.4 Å². The molecule has 188 valence electrons. The van der Waals surface area contributed by atoms with Crippen molar-refractivity contribution in [2.45, 2.75) is 44.2 Å². The highest BCUT2D eigenvalue weighted by Gasteiger charge is 2.48. The van der Waals surface area contributed by atoms with Crippen molar-refractivity contribution in [3.63, 3.8) is 0 Å². The summed E-state index contributed by atoms with van der Waals surface area (Å²) in [7, 11) is 1.90. The average molecular weight is 491 g/mol. The fraction of sp³-hybridized carbons (Fsp3) is 0.458. The Kier molecular flexibility index (Phi) is 7.02. The van der Waals surface area contributed by atoms with E-state index in [1.807, 2.05) is 18.9 Å². The monoisotopic (exact) mass is 491 g/mol. The molecule has 1 amide bonds. The molecule has 35 heavy (non-hydrogen) atoms. The van der Waals surface area contributed by atoms with Crippen LogP contribution in [0.2, 0.25) is 0 Å². The van der Waals surface area contributed by atoms with Gasteiger partial charge in [0.2, 0.25) is 5.43 Å². The van der Waals surface area contributed by atoms with E-state index in [9.17, 15) is 28.3 Å². The molecule has 0 radical (unpaired) electrons. The lowest BCUT2D eigenvalue weighted by atomic mass is 10.00. The Hall–Kier alpha value is -3.15. The lowest BCUT2D eigenvalue weighted by molar-refractivity contribution is -0.192. The fourth-order valence-corrected chi connectivity index (χ4v) is 4.60. The van der Waals surface area contributed by atoms with E-state index in [0.29, 0.717) is 38.5 Å². The quantitative estimate of drug-likeness (QED) is 0.616. The molecule has 2 unspecified atom stereocenters. The van der Waals surface area contributed by atoms with Crippen molar-refractivity contribution in [1.82, 2.24) is 14.8 Å². The normalized spacial score (nSPS) is 22.2. The number of likely N-dealkylation sites (tertiary alicyclic amines) is 1. The summed E-state index contributed by atoms with van der Waals surface area (Å²) in [5, 5.41) is 13.0. The summed E-state index contributed by atoms with van der Waals surface area (Å²) in [6, 6.07) is 2.42. The summed E-state index contributed by atoms with van der Waals surface area (Å²) in [5.41, 5.74) is -1.77. The predicted octanol–water partition coefficient (Wildman–Crippen LogP) is 1.97. The number of aromatic hydroxyl groups is 1. The standard InChI is InChI=1S/C24H27F2N3O6/c1-14-5-6-24(34-7-8-35-24)20(12-28(14)2)29-11-17(21(31)22(32)19(29)13-30)23(33)27-10-15-3-4-16(25)9-18(15)26/h3-4,9,11,13-14,20,32H,5-8,10,12H2,1-2H3,(H,27,33). The summed E-state index contributed by atoms with van der Waals surface area (Å²) in [5.74, 6) is -4.49. The highest BCUT2D eigenvalue weighted by Crippen LogP contribution is 2.41. The molecule has 1 aromatic carbocycles. The van der Waals surface area contributed by atoms with E-state index in [1.54, 1.807) is 0 Å². The number of ether oxygens (including phenoxy) is 2. The molecular weight excluding hydrogens is 464 g/mol. The molecule has 2 aromatic rings. The molecule has 2 aliphatic rings. The van der Waals surface area contributed by atoms with Crippen LogP contribution in [0.25, 0.3) is 0 Å². The van der Waals surface area contributed by atoms with Crippen LogP contribution in [0.3, 0.4) is 0 Å². The number of carbonyl (C=O) groups excluding carboxylic acids is 2. The van der Waals surface area contributed by atoms with Crippen molar-refractivity contribution in [3.8, 4) is 5.75 Å². The van der Waals surface area contributed by atoms with Crippen LogP contribution in [0.1, 0.15) is 52.2 Å². The van der Waals surface area contributed by atoms with Crippen LogP contribution in [0, 0.1) is 11.6 Å². The number of pyridine rings is 1. The molecule has 3 heterocycles. The Morgan fingerprint density at radius 3 is 2.69 bits per heavy atom. The number of aldehydes is 1. The smallest absolute Gasteiger partial charge is 0.257 e. The van der Waals surface area contributed by atoms with E-state index in [-0.39, 0.29) is 23.8 Å². The van der Waals surface area contributed by atoms with Gasteiger partial charge in [0.1, 0.15) is 28.9 Å². The second-order valence-corrected chi connectivity index (χ2v) is 8.90. The molecule has 2 atom stereocenters. The minimum atomic E-state index is -1.11. The molecule has 11 heteroatoms. The maximum atomic E-state index is 14.0. The van der Waals surface area contributed by atoms with Crippen molar-refractivity contribution < 1.29 is 33.0 Å². The third kappa shape index (κ3) is 4.71. The zero-order valence-corrected chi connectivity index (χ0v) is 19.4. The fourth-order valence-electron chi connectivity index (χ4n) is 4.60. The SMILES string of the molecule is CC1CCC2(OCCO2)C(n2cc(C(=O)NCc3ccc(F)cc3F)c(=O)c(O)c2C=O)CN1C. The van der Waals surface area contributed by atoms with Gasteiger partial charge in [0.25, 0.3) is 5.91 Å². The van der Waals surface area contributed by atoms with Gasteiger partial charge in [0.15, 0.2) is 17.8 Å². The molecule has 2 fully saturated rings. The van der Waals surface area contributed by atoms with E-state index in [1.165, 1.54) is 16.8 Å². The van der Waals surface area contributed by atoms with Crippen LogP contribution < -0.4 is 10.7 Å². The number of aromatic nitrogens is 1. The molecule has 2 aliphatic heterocycles. The van der Waals surface area contributed by atoms with Crippen LogP contribution in [-0.2, 0) is 16.0 Å². The molecule has 2 saturated heterocycles. The average Bonchev–Trinajstić information content (AvgIpc) is 3.27. The van der Waals surface area contributed by atoms with Gasteiger partial charge >= 0.3 is 0 Å². The third-order valence-electron chi connectivity index (χ3n) is 6.80. The minimum Gasteiger partial charge on any atom is -0.503 e. The molecule has 9 nitrogen and oxygen atoms in total. The highest BCUT2D eigenvalue weighted by atomic mass is 19.1. The Morgan fingerprint density at radius 2 is 2.03 bits per heavy atom. The van der Waals surface area contributed by atoms with Crippen LogP contribution in [0.15, 0.2) is 29.2 Å². The van der Waals surface area contributed by atoms with Gasteiger partial charge in [-0.2, -0.15) is 0 Å². The molecule has 1 aromatic heterocycles. The first-order valence-electron chi connectivity index (χ1n) is 11.3. The highest BCUT2D eigenvalue weighted by molar-refractivity contribution is 5.95. The first-order chi connectivity index (χ1) is 16.7. The van der Waals surface area contributed by atoms with Gasteiger partial charge < -0.3 is 29.4 Å². The molecule has 0 saturated carbocycles. The molecular formula is C24H27F2N3O6. The number of nitrogens with one attached hydrogen (secondary N) is 1. The summed E-state index contributed by atoms with van der Waals surface area (Å²) in [6.07, 6.45) is 2.79. The van der Waals surface area contributed by atoms with Crippen molar-refractivity contribution in [3.05, 3.63) is 63.1 Å². The maximum Gasteiger partial charge on any atom is 0.257 e. The summed E-state index contributed by atoms with van der Waals surface area (Å²) < 4.78 is 40.5. The Bertz CT molecular complexity index is 1190. The van der Waals surface area contributed by atoms with Gasteiger partial charge in [-0.15, -0.1) is 0 Å². The first-order valence-corrected chi connectivity index (χ1v) is 11.3. The summed E-state index contributed by atoms with van der Waals surface area (Å²) in [6.45, 7) is 2.76. The Balaban J connectivity index is 1.73. The van der Waals surface area contributed by atoms with E-state index in [2.05, 4.69) is 5.32 Å². The van der Waals surface area contributed by atoms with Gasteiger partial charge in [-0.25, -0.2) is 8.78 Å². The predicted molar refractivity (Wildman–Crippen MR) is 120 cm³/mol. The number of hydrogen-bond acceptors (Lipinski definition) is 7. The summed E-state index contributed by atoms with van der Waals surface area (Å²) >= 11 is 0. The third-order valence-corrected chi connectivity index (χ3v) is 6.80. The lowest BCUT2D eigenvalue weighted by Crippen LogP contribution is -2.45. The van der Waals surface area contributed by atoms with E-state index < -0.39 is 46.1 Å². The second kappa shape index (κ2) is 9.84. The van der Waals surface area contributed by atoms with Gasteiger partial charge in [0, 0.05) is 43.4 Å². The largest absolute Gasteiger partial charge is 0.503 e. The molecule has 1 spiro atoms. The second-order valence-electron chi connectivity index (χ2n) is 8.90. The Morgan fingerprint density at radius 1 is 1.31 bits per heavy atom. The number of likely N-dealkylation sites (N-methyl/N-ethyl adjacent to an activating group) is 1. The van der Waals surface area contributed by atoms with Gasteiger partial charge in [0.05, 0.1) is 13.2 Å². The van der Waals surface area contributed by atoms with Crippen molar-refractivity contribution in [1.29, 1.82) is 0 Å². The van der Waals surface area contributed by atoms with Crippen molar-refractivity contribution in [2.75, 3.05) is 26.8 Å². The molecule has 2 N–H and O–H groups in total. The van der Waals surface area contributed by atoms with E-state index in [4.69, 9.17) is 9.47 Å². The van der Waals surface area contributed by atoms with Crippen molar-refractivity contribution in [2.24, 2.45) is 0 Å². The number of halogens is 2. The van der Waals surface area contributed by atoms with Crippen LogP contribution in [0.4, 0.5) is 8.78 Å². The lowest BCUT2D eigenvalue weighted by Gasteiger charge is -2.37. The number of rotatable bonds is 5. The molecule has 0 bridgehead atoms. The van der Waals surface area contributed by atoms with Crippen LogP contribution >= 0.6 is 0 Å². The van der Waals surface area contributed by atoms with E-state index >= 15 is 0 Å². The van der Waals surface area contributed by atoms with Gasteiger partial charge in [-0.3, -0.25) is 14.4 Å². The van der Waals surface area contributed by atoms with Gasteiger partial charge in [-0.05, 0) is 26.5 Å². The van der Waals surface area contributed by atoms with Gasteiger partial charge in [-0.1, -0.05) is 6.07 Å². The molecule has 4 rings (SSSR count). The summed E-state index contributed by atoms with van der Waals surface area (Å²) in [4.78, 5) is 39.7. The number of hydrogen-bond donors (Lipinski definition) is 2. The number of nitrogens with zero attached hydrogens (tertiary/aromatic N) is 2. The molecule has 0 aliphatic carbocycles. The maximum absolute atomic E-state index is 14.0. The van der Waals surface area contributed by atoms with Crippen LogP contribution in [0.5, 0.6) is 5.75 Å². The number of benzene rings is 1. The topological polar surface area (TPSA) is 110 Å². The number of carbonyl (C=O) groups is 2. The Labute approximate surface area is 200 Å². The minimum absolute atomic E-state index is 0.0138. The van der Waals surface area contributed by atoms with Crippen molar-refractivity contribution >= 4 is 12.2 Å². The zero-order chi connectivity index (χ0) is 25.3. The van der Waals surface area contributed by atoms with E-state index in [0.717, 1.165) is 12.5 Å². The zero-order valence-electron chi connectivity index (χ0n) is 19.4. The first kappa shape index (κ1) is 25.0.